The van der Waals surface area contributed by atoms with E-state index in [-0.39, 0.29) is 17.2 Å². The number of ether oxygens (including phenoxy) is 2. The number of hydrogen-bond donors (Lipinski definition) is 1. The average molecular weight is 280 g/mol. The number of methoxy groups -OCH3 is 1. The minimum absolute atomic E-state index is 0.132. The third-order valence-corrected chi connectivity index (χ3v) is 4.59. The van der Waals surface area contributed by atoms with Crippen molar-refractivity contribution in [2.24, 2.45) is 0 Å². The van der Waals surface area contributed by atoms with Crippen molar-refractivity contribution in [2.45, 2.75) is 82.1 Å². The fourth-order valence-electron chi connectivity index (χ4n) is 2.82. The van der Waals surface area contributed by atoms with Gasteiger partial charge in [0.05, 0.1) is 17.8 Å². The van der Waals surface area contributed by atoms with Crippen molar-refractivity contribution in [3.8, 4) is 6.07 Å². The van der Waals surface area contributed by atoms with Gasteiger partial charge in [-0.3, -0.25) is 5.32 Å². The lowest BCUT2D eigenvalue weighted by atomic mass is 9.81. The number of hydrogen-bond acceptors (Lipinski definition) is 4. The normalized spacial score (nSPS) is 31.0. The second kappa shape index (κ2) is 6.43. The number of rotatable bonds is 7. The lowest BCUT2D eigenvalue weighted by Gasteiger charge is -2.37. The Morgan fingerprint density at radius 3 is 2.70 bits per heavy atom. The molecule has 2 unspecified atom stereocenters. The number of nitriles is 1. The van der Waals surface area contributed by atoms with E-state index in [1.54, 1.807) is 7.11 Å². The van der Waals surface area contributed by atoms with Crippen molar-refractivity contribution < 1.29 is 9.47 Å². The second-order valence-corrected chi connectivity index (χ2v) is 6.92. The van der Waals surface area contributed by atoms with E-state index in [1.807, 2.05) is 0 Å². The fraction of sp³-hybridized carbons (Fsp3) is 0.938. The monoisotopic (exact) mass is 280 g/mol. The topological polar surface area (TPSA) is 54.3 Å². The molecule has 4 nitrogen and oxygen atoms in total. The van der Waals surface area contributed by atoms with E-state index in [2.05, 4.69) is 25.2 Å². The van der Waals surface area contributed by atoms with Crippen molar-refractivity contribution in [3.63, 3.8) is 0 Å². The van der Waals surface area contributed by atoms with Gasteiger partial charge in [-0.15, -0.1) is 0 Å². The zero-order valence-electron chi connectivity index (χ0n) is 13.1. The van der Waals surface area contributed by atoms with Crippen molar-refractivity contribution >= 4 is 0 Å². The Morgan fingerprint density at radius 2 is 2.10 bits per heavy atom. The number of nitrogens with zero attached hydrogens (tertiary/aromatic N) is 1. The number of nitrogens with one attached hydrogen (secondary N) is 1. The zero-order valence-corrected chi connectivity index (χ0v) is 13.1. The van der Waals surface area contributed by atoms with Gasteiger partial charge in [0.2, 0.25) is 0 Å². The van der Waals surface area contributed by atoms with E-state index in [0.717, 1.165) is 32.1 Å². The Kier molecular flexibility index (Phi) is 5.06. The summed E-state index contributed by atoms with van der Waals surface area (Å²) in [7, 11) is 1.74. The van der Waals surface area contributed by atoms with E-state index < -0.39 is 0 Å². The molecule has 114 valence electrons. The standard InChI is InChI=1S/C16H28N2O2/c1-15(2,19-3)9-10-20-14-5-4-8-16(11-14,12-17)18-13-6-7-13/h13-14,18H,4-11H2,1-3H3. The Labute approximate surface area is 122 Å². The van der Waals surface area contributed by atoms with Gasteiger partial charge in [0.15, 0.2) is 0 Å². The highest BCUT2D eigenvalue weighted by Gasteiger charge is 2.40. The highest BCUT2D eigenvalue weighted by Crippen LogP contribution is 2.33. The Hall–Kier alpha value is -0.630. The molecule has 2 fully saturated rings. The van der Waals surface area contributed by atoms with E-state index in [1.165, 1.54) is 12.8 Å². The molecule has 0 radical (unpaired) electrons. The predicted molar refractivity (Wildman–Crippen MR) is 78.4 cm³/mol. The van der Waals surface area contributed by atoms with Crippen molar-refractivity contribution in [3.05, 3.63) is 0 Å². The first-order valence-corrected chi connectivity index (χ1v) is 7.84. The van der Waals surface area contributed by atoms with Crippen LogP contribution in [0.5, 0.6) is 0 Å². The van der Waals surface area contributed by atoms with Crippen LogP contribution in [0.3, 0.4) is 0 Å². The van der Waals surface area contributed by atoms with E-state index in [4.69, 9.17) is 9.47 Å². The lowest BCUT2D eigenvalue weighted by molar-refractivity contribution is -0.0406. The Morgan fingerprint density at radius 1 is 1.35 bits per heavy atom. The molecule has 0 amide bonds. The van der Waals surface area contributed by atoms with Crippen LogP contribution < -0.4 is 5.32 Å². The minimum atomic E-state index is -0.346. The van der Waals surface area contributed by atoms with E-state index in [0.29, 0.717) is 12.6 Å². The molecule has 2 rings (SSSR count). The molecule has 0 bridgehead atoms. The van der Waals surface area contributed by atoms with Crippen LogP contribution in [0.4, 0.5) is 0 Å². The summed E-state index contributed by atoms with van der Waals surface area (Å²) in [6, 6.07) is 3.09. The molecule has 0 aliphatic heterocycles. The minimum Gasteiger partial charge on any atom is -0.379 e. The zero-order chi connectivity index (χ0) is 14.6. The van der Waals surface area contributed by atoms with Crippen LogP contribution in [0.2, 0.25) is 0 Å². The molecule has 0 aromatic rings. The largest absolute Gasteiger partial charge is 0.379 e. The summed E-state index contributed by atoms with van der Waals surface area (Å²) in [5.41, 5.74) is -0.478. The highest BCUT2D eigenvalue weighted by molar-refractivity contribution is 5.12. The molecule has 0 spiro atoms. The Bertz CT molecular complexity index is 360. The molecule has 2 aliphatic carbocycles. The molecule has 2 atom stereocenters. The second-order valence-electron chi connectivity index (χ2n) is 6.92. The summed E-state index contributed by atoms with van der Waals surface area (Å²) in [6.45, 7) is 4.85. The van der Waals surface area contributed by atoms with Crippen LogP contribution in [0, 0.1) is 11.3 Å². The molecular formula is C16H28N2O2. The molecule has 0 aromatic carbocycles. The predicted octanol–water partition coefficient (Wildman–Crippen LogP) is 2.78. The fourth-order valence-corrected chi connectivity index (χ4v) is 2.82. The molecule has 2 saturated carbocycles. The van der Waals surface area contributed by atoms with Gasteiger partial charge in [-0.1, -0.05) is 0 Å². The van der Waals surface area contributed by atoms with Crippen molar-refractivity contribution in [2.75, 3.05) is 13.7 Å². The van der Waals surface area contributed by atoms with Gasteiger partial charge >= 0.3 is 0 Å². The molecule has 0 aromatic heterocycles. The molecule has 0 saturated heterocycles. The van der Waals surface area contributed by atoms with Crippen LogP contribution in [0.25, 0.3) is 0 Å². The van der Waals surface area contributed by atoms with Gasteiger partial charge in [-0.05, 0) is 52.4 Å². The first kappa shape index (κ1) is 15.8. The van der Waals surface area contributed by atoms with Gasteiger partial charge < -0.3 is 9.47 Å². The lowest BCUT2D eigenvalue weighted by Crippen LogP contribution is -2.50. The van der Waals surface area contributed by atoms with Gasteiger partial charge in [-0.25, -0.2) is 0 Å². The maximum absolute atomic E-state index is 9.54. The van der Waals surface area contributed by atoms with Crippen LogP contribution in [0.15, 0.2) is 0 Å². The van der Waals surface area contributed by atoms with Gasteiger partial charge in [0.1, 0.15) is 5.54 Å². The highest BCUT2D eigenvalue weighted by atomic mass is 16.5. The van der Waals surface area contributed by atoms with E-state index in [9.17, 15) is 5.26 Å². The maximum Gasteiger partial charge on any atom is 0.109 e. The van der Waals surface area contributed by atoms with Crippen LogP contribution in [-0.2, 0) is 9.47 Å². The summed E-state index contributed by atoms with van der Waals surface area (Å²) < 4.78 is 11.4. The summed E-state index contributed by atoms with van der Waals surface area (Å²) in [4.78, 5) is 0. The van der Waals surface area contributed by atoms with E-state index >= 15 is 0 Å². The SMILES string of the molecule is COC(C)(C)CCOC1CCCC(C#N)(NC2CC2)C1. The van der Waals surface area contributed by atoms with Crippen LogP contribution in [0.1, 0.15) is 58.8 Å². The first-order valence-electron chi connectivity index (χ1n) is 7.84. The Balaban J connectivity index is 1.79. The average Bonchev–Trinajstić information content (AvgIpc) is 3.23. The third kappa shape index (κ3) is 4.44. The summed E-state index contributed by atoms with van der Waals surface area (Å²) in [5.74, 6) is 0. The molecule has 0 heterocycles. The first-order chi connectivity index (χ1) is 9.49. The quantitative estimate of drug-likeness (QED) is 0.779. The summed E-state index contributed by atoms with van der Waals surface area (Å²) >= 11 is 0. The van der Waals surface area contributed by atoms with Gasteiger partial charge in [0.25, 0.3) is 0 Å². The van der Waals surface area contributed by atoms with Crippen molar-refractivity contribution in [1.29, 1.82) is 5.26 Å². The molecule has 20 heavy (non-hydrogen) atoms. The maximum atomic E-state index is 9.54. The van der Waals surface area contributed by atoms with Crippen molar-refractivity contribution in [1.82, 2.24) is 5.32 Å². The van der Waals surface area contributed by atoms with Gasteiger partial charge in [0, 0.05) is 26.2 Å². The van der Waals surface area contributed by atoms with Crippen LogP contribution >= 0.6 is 0 Å². The molecule has 1 N–H and O–H groups in total. The summed E-state index contributed by atoms with van der Waals surface area (Å²) in [6.07, 6.45) is 7.47. The summed E-state index contributed by atoms with van der Waals surface area (Å²) in [5, 5.41) is 13.1. The smallest absolute Gasteiger partial charge is 0.109 e. The van der Waals surface area contributed by atoms with Crippen LogP contribution in [-0.4, -0.2) is 37.0 Å². The molecule has 2 aliphatic rings. The third-order valence-electron chi connectivity index (χ3n) is 4.59. The molecule has 4 heteroatoms. The molecular weight excluding hydrogens is 252 g/mol. The van der Waals surface area contributed by atoms with Gasteiger partial charge in [-0.2, -0.15) is 5.26 Å².